The van der Waals surface area contributed by atoms with Crippen LogP contribution in [0.15, 0.2) is 17.5 Å². The van der Waals surface area contributed by atoms with Crippen LogP contribution in [0.4, 0.5) is 5.69 Å². The van der Waals surface area contributed by atoms with Crippen LogP contribution in [0.3, 0.4) is 0 Å². The number of hydrogen-bond donors (Lipinski definition) is 3. The zero-order chi connectivity index (χ0) is 30.8. The van der Waals surface area contributed by atoms with Crippen molar-refractivity contribution in [3.63, 3.8) is 0 Å². The summed E-state index contributed by atoms with van der Waals surface area (Å²) in [5.74, 6) is -0.288. The van der Waals surface area contributed by atoms with Crippen LogP contribution in [0.25, 0.3) is 11.0 Å². The summed E-state index contributed by atoms with van der Waals surface area (Å²) in [7, 11) is 0. The first-order valence-electron chi connectivity index (χ1n) is 16.1. The van der Waals surface area contributed by atoms with Crippen molar-refractivity contribution in [2.24, 2.45) is 17.0 Å². The predicted molar refractivity (Wildman–Crippen MR) is 162 cm³/mol. The highest BCUT2D eigenvalue weighted by Gasteiger charge is 2.57. The number of fused-ring (bicyclic) bond motifs is 1. The average Bonchev–Trinajstić information content (AvgIpc) is 3.71. The number of pyridine rings is 1. The van der Waals surface area contributed by atoms with Gasteiger partial charge in [0.15, 0.2) is 5.65 Å². The molecule has 4 aliphatic rings. The van der Waals surface area contributed by atoms with Gasteiger partial charge in [-0.15, -0.1) is 0 Å². The number of carbonyl (C=O) groups excluding carboxylic acids is 3. The molecule has 0 atom stereocenters. The van der Waals surface area contributed by atoms with Crippen LogP contribution >= 0.6 is 0 Å². The van der Waals surface area contributed by atoms with E-state index >= 15 is 0 Å². The van der Waals surface area contributed by atoms with Gasteiger partial charge >= 0.3 is 0 Å². The number of nitrogens with one attached hydrogen (secondary N) is 1. The Labute approximate surface area is 256 Å². The topological polar surface area (TPSA) is 162 Å². The number of carbonyl (C=O) groups is 3. The Morgan fingerprint density at radius 3 is 2.09 bits per heavy atom. The molecular weight excluding hydrogens is 566 g/mol. The van der Waals surface area contributed by atoms with Crippen molar-refractivity contribution in [3.8, 4) is 0 Å². The Hall–Kier alpha value is -3.58. The van der Waals surface area contributed by atoms with Crippen LogP contribution in [0.2, 0.25) is 0 Å². The standard InChI is InChI=1S/C31H43N7O6/c1-2-38-28-25(17-33-38)27(34-22-3-5-23(41)6-4-22)24(16-32-28)26-15-31(44-35-26,29(42)36-11-7-20(18-39)8-12-36)30(43)37-13-9-21(19-40)10-14-37/h16-17,20-22,39-40H,2-15,18-19H2,1H3,(H,32,34). The van der Waals surface area contributed by atoms with Crippen LogP contribution in [0, 0.1) is 11.8 Å². The fourth-order valence-corrected chi connectivity index (χ4v) is 6.97. The molecule has 0 unspecified atom stereocenters. The molecule has 6 rings (SSSR count). The molecule has 0 radical (unpaired) electrons. The molecule has 3 N–H and O–H groups in total. The summed E-state index contributed by atoms with van der Waals surface area (Å²) in [6.07, 6.45) is 8.51. The first-order valence-corrected chi connectivity index (χ1v) is 16.1. The van der Waals surface area contributed by atoms with Crippen molar-refractivity contribution in [3.05, 3.63) is 18.0 Å². The molecule has 13 heteroatoms. The van der Waals surface area contributed by atoms with E-state index in [0.29, 0.717) is 101 Å². The van der Waals surface area contributed by atoms with E-state index < -0.39 is 17.4 Å². The number of oxime groups is 1. The molecule has 13 nitrogen and oxygen atoms in total. The van der Waals surface area contributed by atoms with Crippen LogP contribution in [-0.4, -0.2) is 109 Å². The van der Waals surface area contributed by atoms with E-state index in [4.69, 9.17) is 9.82 Å². The number of aliphatic hydroxyl groups is 2. The Morgan fingerprint density at radius 2 is 1.55 bits per heavy atom. The van der Waals surface area contributed by atoms with Crippen molar-refractivity contribution >= 4 is 40.0 Å². The molecule has 238 valence electrons. The Morgan fingerprint density at radius 1 is 0.955 bits per heavy atom. The van der Waals surface area contributed by atoms with E-state index in [0.717, 1.165) is 11.1 Å². The molecule has 1 aliphatic carbocycles. The Kier molecular flexibility index (Phi) is 8.86. The Bertz CT molecular complexity index is 1380. The molecule has 3 aliphatic heterocycles. The van der Waals surface area contributed by atoms with E-state index in [1.807, 2.05) is 11.6 Å². The number of ketones is 1. The number of amides is 2. The maximum absolute atomic E-state index is 14.3. The first kappa shape index (κ1) is 30.4. The van der Waals surface area contributed by atoms with Crippen molar-refractivity contribution in [2.45, 2.75) is 82.9 Å². The van der Waals surface area contributed by atoms with Gasteiger partial charge < -0.3 is 30.2 Å². The van der Waals surface area contributed by atoms with Gasteiger partial charge in [0.25, 0.3) is 17.4 Å². The molecule has 0 bridgehead atoms. The van der Waals surface area contributed by atoms with E-state index in [1.165, 1.54) is 0 Å². The third-order valence-corrected chi connectivity index (χ3v) is 9.91. The highest BCUT2D eigenvalue weighted by molar-refractivity contribution is 6.18. The minimum atomic E-state index is -1.84. The SMILES string of the molecule is CCn1ncc2c(NC3CCC(=O)CC3)c(C3=NOC(C(=O)N4CCC(CO)CC4)(C(=O)N4CCC(CO)CC4)C3)cnc21. The maximum Gasteiger partial charge on any atom is 0.297 e. The molecular formula is C31H43N7O6. The van der Waals surface area contributed by atoms with E-state index in [2.05, 4.69) is 15.6 Å². The highest BCUT2D eigenvalue weighted by Crippen LogP contribution is 2.38. The van der Waals surface area contributed by atoms with Gasteiger partial charge in [-0.25, -0.2) is 9.67 Å². The predicted octanol–water partition coefficient (Wildman–Crippen LogP) is 1.70. The monoisotopic (exact) mass is 609 g/mol. The number of nitrogens with zero attached hydrogens (tertiary/aromatic N) is 6. The largest absolute Gasteiger partial charge is 0.396 e. The molecule has 2 amide bonds. The van der Waals surface area contributed by atoms with Crippen molar-refractivity contribution in [2.75, 3.05) is 44.7 Å². The average molecular weight is 610 g/mol. The van der Waals surface area contributed by atoms with Gasteiger partial charge in [-0.1, -0.05) is 5.16 Å². The minimum absolute atomic E-state index is 0.0442. The van der Waals surface area contributed by atoms with Crippen molar-refractivity contribution in [1.29, 1.82) is 0 Å². The van der Waals surface area contributed by atoms with Crippen molar-refractivity contribution < 1.29 is 29.4 Å². The zero-order valence-electron chi connectivity index (χ0n) is 25.4. The van der Waals surface area contributed by atoms with Crippen LogP contribution in [0.1, 0.15) is 70.3 Å². The van der Waals surface area contributed by atoms with Gasteiger partial charge in [0.05, 0.1) is 29.4 Å². The van der Waals surface area contributed by atoms with Gasteiger partial charge in [-0.3, -0.25) is 14.4 Å². The number of piperidine rings is 2. The third-order valence-electron chi connectivity index (χ3n) is 9.91. The van der Waals surface area contributed by atoms with Gasteiger partial charge in [0, 0.05) is 76.6 Å². The number of rotatable bonds is 8. The lowest BCUT2D eigenvalue weighted by atomic mass is 9.87. The maximum atomic E-state index is 14.3. The van der Waals surface area contributed by atoms with Crippen LogP contribution in [0.5, 0.6) is 0 Å². The number of likely N-dealkylation sites (tertiary alicyclic amines) is 2. The zero-order valence-corrected chi connectivity index (χ0v) is 25.4. The molecule has 44 heavy (non-hydrogen) atoms. The summed E-state index contributed by atoms with van der Waals surface area (Å²) < 4.78 is 1.81. The van der Waals surface area contributed by atoms with E-state index in [9.17, 15) is 24.6 Å². The number of aliphatic hydroxyl groups excluding tert-OH is 2. The van der Waals surface area contributed by atoms with Crippen LogP contribution < -0.4 is 5.32 Å². The van der Waals surface area contributed by atoms with E-state index in [-0.39, 0.29) is 43.3 Å². The number of aromatic nitrogens is 3. The number of hydrogen-bond acceptors (Lipinski definition) is 10. The lowest BCUT2D eigenvalue weighted by Crippen LogP contribution is -2.61. The minimum Gasteiger partial charge on any atom is -0.396 e. The summed E-state index contributed by atoms with van der Waals surface area (Å²) in [4.78, 5) is 54.6. The Balaban J connectivity index is 1.33. The summed E-state index contributed by atoms with van der Waals surface area (Å²) >= 11 is 0. The molecule has 1 saturated carbocycles. The van der Waals surface area contributed by atoms with Gasteiger partial charge in [0.2, 0.25) is 0 Å². The summed E-state index contributed by atoms with van der Waals surface area (Å²) in [6, 6.07) is 0.0682. The molecule has 2 aromatic heterocycles. The van der Waals surface area contributed by atoms with Crippen molar-refractivity contribution in [1.82, 2.24) is 24.6 Å². The fourth-order valence-electron chi connectivity index (χ4n) is 6.97. The fraction of sp³-hybridized carbons (Fsp3) is 0.677. The second-order valence-corrected chi connectivity index (χ2v) is 12.7. The van der Waals surface area contributed by atoms with E-state index in [1.54, 1.807) is 22.2 Å². The molecule has 3 fully saturated rings. The normalized spacial score (nSPS) is 21.9. The second-order valence-electron chi connectivity index (χ2n) is 12.7. The quantitative estimate of drug-likeness (QED) is 0.378. The third kappa shape index (κ3) is 5.67. The molecule has 5 heterocycles. The highest BCUT2D eigenvalue weighted by atomic mass is 16.7. The lowest BCUT2D eigenvalue weighted by molar-refractivity contribution is -0.173. The number of anilines is 1. The van der Waals surface area contributed by atoms with Crippen LogP contribution in [-0.2, 0) is 25.8 Å². The molecule has 2 saturated heterocycles. The van der Waals surface area contributed by atoms with Gasteiger partial charge in [-0.2, -0.15) is 5.10 Å². The smallest absolute Gasteiger partial charge is 0.297 e. The van der Waals surface area contributed by atoms with Gasteiger partial charge in [-0.05, 0) is 57.3 Å². The number of Topliss-reactive ketones (excluding diaryl/α,β-unsaturated/α-hetero) is 1. The summed E-state index contributed by atoms with van der Waals surface area (Å²) in [5.41, 5.74) is 0.729. The number of aryl methyl sites for hydroxylation is 1. The summed E-state index contributed by atoms with van der Waals surface area (Å²) in [5, 5.41) is 32.6. The molecule has 0 aromatic carbocycles. The lowest BCUT2D eigenvalue weighted by Gasteiger charge is -2.39. The summed E-state index contributed by atoms with van der Waals surface area (Å²) in [6.45, 7) is 4.51. The molecule has 2 aromatic rings. The second kappa shape index (κ2) is 12.8. The first-order chi connectivity index (χ1) is 21.4. The van der Waals surface area contributed by atoms with Gasteiger partial charge in [0.1, 0.15) is 5.78 Å². The molecule has 0 spiro atoms.